The van der Waals surface area contributed by atoms with Crippen LogP contribution in [0.3, 0.4) is 0 Å². The van der Waals surface area contributed by atoms with E-state index in [9.17, 15) is 4.79 Å². The molecule has 0 saturated carbocycles. The third kappa shape index (κ3) is 6.56. The number of amides is 1. The van der Waals surface area contributed by atoms with Crippen molar-refractivity contribution in [3.63, 3.8) is 0 Å². The second-order valence-corrected chi connectivity index (χ2v) is 9.52. The monoisotopic (exact) mass is 545 g/mol. The van der Waals surface area contributed by atoms with Crippen LogP contribution in [0.2, 0.25) is 10.0 Å². The highest BCUT2D eigenvalue weighted by molar-refractivity contribution is 6.37. The van der Waals surface area contributed by atoms with Crippen molar-refractivity contribution in [3.8, 4) is 12.1 Å². The Labute approximate surface area is 230 Å². The molecule has 4 rings (SSSR count). The van der Waals surface area contributed by atoms with Crippen LogP contribution in [0.5, 0.6) is 0 Å². The Morgan fingerprint density at radius 1 is 0.974 bits per heavy atom. The van der Waals surface area contributed by atoms with Crippen molar-refractivity contribution in [2.45, 2.75) is 13.8 Å². The molecule has 0 saturated heterocycles. The van der Waals surface area contributed by atoms with Gasteiger partial charge in [0.05, 0.1) is 32.2 Å². The van der Waals surface area contributed by atoms with Crippen LogP contribution >= 0.6 is 23.2 Å². The number of nitrogen functional groups attached to an aromatic ring is 1. The van der Waals surface area contributed by atoms with Crippen LogP contribution in [0.25, 0.3) is 21.8 Å². The van der Waals surface area contributed by atoms with E-state index in [-0.39, 0.29) is 5.91 Å². The van der Waals surface area contributed by atoms with E-state index in [1.807, 2.05) is 57.1 Å². The fourth-order valence-corrected chi connectivity index (χ4v) is 3.96. The first-order valence-electron chi connectivity index (χ1n) is 11.4. The number of likely N-dealkylation sites (N-methyl/N-ethyl adjacent to an activating group) is 1. The Balaban J connectivity index is 0.000000230. The quantitative estimate of drug-likeness (QED) is 0.245. The first kappa shape index (κ1) is 28.4. The number of fused-ring (bicyclic) bond motifs is 2. The van der Waals surface area contributed by atoms with Crippen LogP contribution < -0.4 is 11.1 Å². The third-order valence-electron chi connectivity index (χ3n) is 5.58. The molecule has 2 aromatic carbocycles. The van der Waals surface area contributed by atoms with Gasteiger partial charge in [-0.15, -0.1) is 0 Å². The van der Waals surface area contributed by atoms with E-state index >= 15 is 0 Å². The molecule has 2 aromatic heterocycles. The molecule has 0 unspecified atom stereocenters. The van der Waals surface area contributed by atoms with E-state index in [0.29, 0.717) is 50.0 Å². The lowest BCUT2D eigenvalue weighted by Gasteiger charge is -2.10. The van der Waals surface area contributed by atoms with Crippen LogP contribution in [0, 0.1) is 36.5 Å². The van der Waals surface area contributed by atoms with Crippen LogP contribution in [-0.4, -0.2) is 41.4 Å². The summed E-state index contributed by atoms with van der Waals surface area (Å²) in [5, 5.41) is 22.8. The van der Waals surface area contributed by atoms with Gasteiger partial charge in [-0.05, 0) is 63.3 Å². The molecule has 0 spiro atoms. The number of hydrogen-bond acceptors (Lipinski definition) is 7. The Morgan fingerprint density at radius 2 is 1.50 bits per heavy atom. The predicted octanol–water partition coefficient (Wildman–Crippen LogP) is 5.78. The lowest BCUT2D eigenvalue weighted by atomic mass is 10.1. The molecule has 10 heteroatoms. The highest BCUT2D eigenvalue weighted by atomic mass is 35.5. The standard InChI is InChI=1S/C17H17ClN4O.C11H8ClN3/c1-11-7-15-13(17(18)12(9-19)10-20-15)8-14(11)21-16(23)5-4-6-22(2)3;1-6-2-10-8(3-9(6)14)11(12)7(4-13)5-15-10/h4-5,7-8,10H,6H2,1-3H3,(H,21,23);2-3,5H,14H2,1H3/b5-4+;. The average Bonchev–Trinajstić information content (AvgIpc) is 2.87. The van der Waals surface area contributed by atoms with Crippen LogP contribution in [-0.2, 0) is 4.79 Å². The molecule has 8 nitrogen and oxygen atoms in total. The zero-order valence-corrected chi connectivity index (χ0v) is 22.8. The van der Waals surface area contributed by atoms with E-state index < -0.39 is 0 Å². The van der Waals surface area contributed by atoms with Gasteiger partial charge in [-0.25, -0.2) is 0 Å². The maximum atomic E-state index is 12.0. The van der Waals surface area contributed by atoms with Gasteiger partial charge < -0.3 is 16.0 Å². The molecule has 0 aliphatic rings. The minimum atomic E-state index is -0.213. The molecule has 192 valence electrons. The molecule has 38 heavy (non-hydrogen) atoms. The zero-order valence-electron chi connectivity index (χ0n) is 21.3. The van der Waals surface area contributed by atoms with E-state index in [0.717, 1.165) is 22.0 Å². The normalized spacial score (nSPS) is 10.8. The average molecular weight is 546 g/mol. The fraction of sp³-hybridized carbons (Fsp3) is 0.179. The minimum absolute atomic E-state index is 0.213. The summed E-state index contributed by atoms with van der Waals surface area (Å²) < 4.78 is 0. The first-order chi connectivity index (χ1) is 18.0. The second-order valence-electron chi connectivity index (χ2n) is 8.76. The number of pyridine rings is 2. The summed E-state index contributed by atoms with van der Waals surface area (Å²) in [5.41, 5.74) is 11.0. The van der Waals surface area contributed by atoms with Crippen molar-refractivity contribution in [3.05, 3.63) is 81.1 Å². The van der Waals surface area contributed by atoms with Gasteiger partial charge in [0.15, 0.2) is 0 Å². The maximum Gasteiger partial charge on any atom is 0.248 e. The van der Waals surface area contributed by atoms with Gasteiger partial charge in [0.2, 0.25) is 5.91 Å². The molecule has 0 radical (unpaired) electrons. The van der Waals surface area contributed by atoms with Gasteiger partial charge in [0.25, 0.3) is 0 Å². The van der Waals surface area contributed by atoms with Gasteiger partial charge in [-0.3, -0.25) is 14.8 Å². The largest absolute Gasteiger partial charge is 0.398 e. The van der Waals surface area contributed by atoms with Crippen LogP contribution in [0.4, 0.5) is 11.4 Å². The summed E-state index contributed by atoms with van der Waals surface area (Å²) in [5.74, 6) is -0.213. The Kier molecular flexibility index (Phi) is 9.22. The summed E-state index contributed by atoms with van der Waals surface area (Å²) >= 11 is 12.3. The molecule has 0 aliphatic heterocycles. The summed E-state index contributed by atoms with van der Waals surface area (Å²) in [4.78, 5) is 22.3. The lowest BCUT2D eigenvalue weighted by Crippen LogP contribution is -2.13. The van der Waals surface area contributed by atoms with Crippen molar-refractivity contribution in [1.29, 1.82) is 10.5 Å². The van der Waals surface area contributed by atoms with Crippen molar-refractivity contribution >= 4 is 62.3 Å². The molecule has 2 heterocycles. The summed E-state index contributed by atoms with van der Waals surface area (Å²) in [6, 6.07) is 11.2. The molecular formula is C28H25Cl2N7O. The van der Waals surface area contributed by atoms with Gasteiger partial charge >= 0.3 is 0 Å². The number of halogens is 2. The highest BCUT2D eigenvalue weighted by Gasteiger charge is 2.11. The van der Waals surface area contributed by atoms with Gasteiger partial charge in [0.1, 0.15) is 12.1 Å². The molecule has 0 aliphatic carbocycles. The molecule has 0 fully saturated rings. The summed E-state index contributed by atoms with van der Waals surface area (Å²) in [6.07, 6.45) is 6.20. The lowest BCUT2D eigenvalue weighted by molar-refractivity contribution is -0.111. The van der Waals surface area contributed by atoms with E-state index in [1.165, 1.54) is 18.5 Å². The van der Waals surface area contributed by atoms with E-state index in [4.69, 9.17) is 39.5 Å². The van der Waals surface area contributed by atoms with Crippen molar-refractivity contribution < 1.29 is 4.79 Å². The SMILES string of the molecule is Cc1cc2ncc(C#N)c(Cl)c2cc1N.Cc1cc2ncc(C#N)c(Cl)c2cc1NC(=O)/C=C/CN(C)C. The summed E-state index contributed by atoms with van der Waals surface area (Å²) in [6.45, 7) is 4.47. The van der Waals surface area contributed by atoms with Gasteiger partial charge in [-0.1, -0.05) is 29.3 Å². The number of aryl methyl sites for hydroxylation is 2. The number of carbonyl (C=O) groups is 1. The Morgan fingerprint density at radius 3 is 2.03 bits per heavy atom. The number of rotatable bonds is 4. The number of anilines is 2. The smallest absolute Gasteiger partial charge is 0.248 e. The molecule has 4 aromatic rings. The van der Waals surface area contributed by atoms with Crippen molar-refractivity contribution in [1.82, 2.24) is 14.9 Å². The topological polar surface area (TPSA) is 132 Å². The molecular weight excluding hydrogens is 521 g/mol. The molecule has 1 amide bonds. The molecule has 3 N–H and O–H groups in total. The number of nitrogens with zero attached hydrogens (tertiary/aromatic N) is 5. The first-order valence-corrected chi connectivity index (χ1v) is 12.2. The Hall–Kier alpha value is -4.21. The maximum absolute atomic E-state index is 12.0. The number of carbonyl (C=O) groups excluding carboxylic acids is 1. The number of nitrogens with two attached hydrogens (primary N) is 1. The highest BCUT2D eigenvalue weighted by Crippen LogP contribution is 2.30. The molecule has 0 atom stereocenters. The number of nitriles is 2. The minimum Gasteiger partial charge on any atom is -0.398 e. The molecule has 0 bridgehead atoms. The Bertz CT molecular complexity index is 1650. The fourth-order valence-electron chi connectivity index (χ4n) is 3.47. The zero-order chi connectivity index (χ0) is 28.0. The van der Waals surface area contributed by atoms with Crippen LogP contribution in [0.1, 0.15) is 22.3 Å². The van der Waals surface area contributed by atoms with Crippen molar-refractivity contribution in [2.24, 2.45) is 0 Å². The van der Waals surface area contributed by atoms with E-state index in [1.54, 1.807) is 18.2 Å². The van der Waals surface area contributed by atoms with Crippen LogP contribution in [0.15, 0.2) is 48.8 Å². The summed E-state index contributed by atoms with van der Waals surface area (Å²) in [7, 11) is 3.86. The van der Waals surface area contributed by atoms with Gasteiger partial charge in [-0.2, -0.15) is 10.5 Å². The van der Waals surface area contributed by atoms with Gasteiger partial charge in [0, 0.05) is 47.2 Å². The number of hydrogen-bond donors (Lipinski definition) is 2. The predicted molar refractivity (Wildman–Crippen MR) is 153 cm³/mol. The number of nitrogens with one attached hydrogen (secondary N) is 1. The van der Waals surface area contributed by atoms with Crippen molar-refractivity contribution in [2.75, 3.05) is 31.7 Å². The number of benzene rings is 2. The van der Waals surface area contributed by atoms with E-state index in [2.05, 4.69) is 15.3 Å². The third-order valence-corrected chi connectivity index (χ3v) is 6.39. The second kappa shape index (κ2) is 12.4. The number of aromatic nitrogens is 2.